The molecule has 0 bridgehead atoms. The number of halogens is 8. The summed E-state index contributed by atoms with van der Waals surface area (Å²) in [4.78, 5) is 12.3. The number of hydrogen-bond acceptors (Lipinski definition) is 2. The molecule has 0 aliphatic rings. The molecule has 1 heterocycles. The van der Waals surface area contributed by atoms with Crippen LogP contribution in [0.4, 0.5) is 37.7 Å². The Morgan fingerprint density at radius 1 is 0.625 bits per heavy atom. The summed E-state index contributed by atoms with van der Waals surface area (Å²) in [6.07, 6.45) is -6.04. The summed E-state index contributed by atoms with van der Waals surface area (Å²) >= 11 is 0.194. The molecule has 32 heavy (non-hydrogen) atoms. The Hall–Kier alpha value is -2.26. The average molecular weight is 535 g/mol. The molecule has 171 valence electrons. The molecular formula is C20H12Cl2F6FeN3. The third kappa shape index (κ3) is 8.35. The fraction of sp³-hybridized carbons (Fsp3) is 0.100. The van der Waals surface area contributed by atoms with Crippen LogP contribution in [-0.4, -0.2) is 12.4 Å². The van der Waals surface area contributed by atoms with Gasteiger partial charge >= 0.3 is 45.7 Å². The standard InChI is InChI=1S/C20H12F6N3.2ClH.Fe/c21-19(22,23)13-1-5-15(6-2-13)27-11-17-9-10-18(29-17)12-28-16-7-3-14(4-8-16)20(24,25)26;;;/h1-12H;2*1H;/q-1;;;+3/p-2. The van der Waals surface area contributed by atoms with E-state index >= 15 is 0 Å². The summed E-state index contributed by atoms with van der Waals surface area (Å²) in [5, 5.41) is 0. The molecule has 0 aliphatic carbocycles. The number of nitrogens with zero attached hydrogens (tertiary/aromatic N) is 3. The number of aliphatic imine (C=N–C) groups is 2. The van der Waals surface area contributed by atoms with Gasteiger partial charge in [-0.2, -0.15) is 26.3 Å². The quantitative estimate of drug-likeness (QED) is 0.193. The first kappa shape index (κ1) is 26.0. The molecule has 0 saturated carbocycles. The van der Waals surface area contributed by atoms with E-state index in [1.807, 2.05) is 0 Å². The number of alkyl halides is 6. The molecule has 3 aromatic rings. The van der Waals surface area contributed by atoms with Gasteiger partial charge in [-0.15, -0.1) is 11.4 Å². The number of rotatable bonds is 4. The van der Waals surface area contributed by atoms with E-state index in [1.54, 1.807) is 12.1 Å². The summed E-state index contributed by atoms with van der Waals surface area (Å²) in [6, 6.07) is 12.0. The Kier molecular flexibility index (Phi) is 9.39. The van der Waals surface area contributed by atoms with Gasteiger partial charge in [-0.25, -0.2) is 0 Å². The molecule has 3 rings (SSSR count). The van der Waals surface area contributed by atoms with Crippen molar-refractivity contribution in [2.75, 3.05) is 0 Å². The van der Waals surface area contributed by atoms with Crippen molar-refractivity contribution in [2.24, 2.45) is 9.98 Å². The minimum atomic E-state index is -4.41. The summed E-state index contributed by atoms with van der Waals surface area (Å²) in [5.41, 5.74) is 0.0637. The van der Waals surface area contributed by atoms with Crippen molar-refractivity contribution in [1.82, 2.24) is 4.98 Å². The second-order valence-corrected chi connectivity index (χ2v) is 7.77. The van der Waals surface area contributed by atoms with Crippen molar-refractivity contribution in [1.29, 1.82) is 0 Å². The molecule has 0 unspecified atom stereocenters. The van der Waals surface area contributed by atoms with Crippen LogP contribution in [0, 0.1) is 0 Å². The van der Waals surface area contributed by atoms with Crippen LogP contribution in [0.3, 0.4) is 0 Å². The van der Waals surface area contributed by atoms with Gasteiger partial charge in [0.05, 0.1) is 22.5 Å². The second-order valence-electron chi connectivity index (χ2n) is 5.95. The first-order valence-corrected chi connectivity index (χ1v) is 11.5. The zero-order chi connectivity index (χ0) is 23.8. The summed E-state index contributed by atoms with van der Waals surface area (Å²) in [6.45, 7) is 0. The van der Waals surface area contributed by atoms with Crippen LogP contribution in [0.5, 0.6) is 0 Å². The van der Waals surface area contributed by atoms with Gasteiger partial charge in [-0.1, -0.05) is 12.1 Å². The van der Waals surface area contributed by atoms with Gasteiger partial charge in [0.15, 0.2) is 0 Å². The maximum absolute atomic E-state index is 12.5. The second kappa shape index (κ2) is 11.6. The molecule has 1 aromatic heterocycles. The Balaban J connectivity index is 0.00000114. The zero-order valence-electron chi connectivity index (χ0n) is 15.6. The van der Waals surface area contributed by atoms with Crippen molar-refractivity contribution in [3.8, 4) is 0 Å². The van der Waals surface area contributed by atoms with Gasteiger partial charge in [0.1, 0.15) is 0 Å². The van der Waals surface area contributed by atoms with Gasteiger partial charge in [0.2, 0.25) is 0 Å². The van der Waals surface area contributed by atoms with Crippen LogP contribution in [0.15, 0.2) is 70.6 Å². The van der Waals surface area contributed by atoms with Crippen LogP contribution in [0.2, 0.25) is 0 Å². The molecule has 3 nitrogen and oxygen atoms in total. The number of aromatic nitrogens is 1. The molecule has 0 saturated heterocycles. The van der Waals surface area contributed by atoms with E-state index in [0.717, 1.165) is 24.3 Å². The monoisotopic (exact) mass is 534 g/mol. The molecule has 0 spiro atoms. The van der Waals surface area contributed by atoms with Gasteiger partial charge in [-0.3, -0.25) is 9.98 Å². The van der Waals surface area contributed by atoms with Gasteiger partial charge < -0.3 is 4.98 Å². The fourth-order valence-corrected chi connectivity index (χ4v) is 2.29. The maximum atomic E-state index is 12.5. The van der Waals surface area contributed by atoms with E-state index in [0.29, 0.717) is 22.8 Å². The Morgan fingerprint density at radius 2 is 0.938 bits per heavy atom. The molecule has 12 heteroatoms. The first-order chi connectivity index (χ1) is 15.0. The van der Waals surface area contributed by atoms with Crippen molar-refractivity contribution in [3.63, 3.8) is 0 Å². The van der Waals surface area contributed by atoms with Gasteiger partial charge in [-0.05, 0) is 48.5 Å². The van der Waals surface area contributed by atoms with E-state index in [-0.39, 0.29) is 13.1 Å². The van der Waals surface area contributed by atoms with Crippen molar-refractivity contribution in [2.45, 2.75) is 12.4 Å². The Bertz CT molecular complexity index is 961. The molecular weight excluding hydrogens is 523 g/mol. The van der Waals surface area contributed by atoms with E-state index in [1.165, 1.54) is 36.7 Å². The third-order valence-corrected chi connectivity index (χ3v) is 3.76. The summed E-state index contributed by atoms with van der Waals surface area (Å²) in [7, 11) is 9.53. The van der Waals surface area contributed by atoms with Crippen LogP contribution in [0.25, 0.3) is 0 Å². The van der Waals surface area contributed by atoms with Crippen molar-refractivity contribution >= 4 is 44.0 Å². The average Bonchev–Trinajstić information content (AvgIpc) is 3.19. The zero-order valence-corrected chi connectivity index (χ0v) is 18.3. The van der Waals surface area contributed by atoms with E-state index in [2.05, 4.69) is 15.0 Å². The predicted molar refractivity (Wildman–Crippen MR) is 109 cm³/mol. The molecule has 0 N–H and O–H groups in total. The van der Waals surface area contributed by atoms with Crippen molar-refractivity contribution < 1.29 is 39.5 Å². The van der Waals surface area contributed by atoms with E-state index < -0.39 is 23.5 Å². The number of hydrogen-bond donors (Lipinski definition) is 0. The SMILES string of the molecule is FC(F)(F)c1ccc(N=Cc2ccc(C=Nc3ccc(C(F)(F)F)cc3)[n-]2)cc1.[Cl][Fe+][Cl]. The summed E-state index contributed by atoms with van der Waals surface area (Å²) < 4.78 is 75.2. The molecule has 0 aliphatic heterocycles. The normalized spacial score (nSPS) is 12.2. The minimum absolute atomic E-state index is 0.194. The predicted octanol–water partition coefficient (Wildman–Crippen LogP) is 7.56. The number of benzene rings is 2. The van der Waals surface area contributed by atoms with Gasteiger partial charge in [0, 0.05) is 12.4 Å². The molecule has 0 fully saturated rings. The van der Waals surface area contributed by atoms with Crippen LogP contribution in [0.1, 0.15) is 22.5 Å². The van der Waals surface area contributed by atoms with Crippen LogP contribution in [-0.2, 0) is 25.5 Å². The molecule has 0 atom stereocenters. The van der Waals surface area contributed by atoms with E-state index in [9.17, 15) is 26.3 Å². The summed E-state index contributed by atoms with van der Waals surface area (Å²) in [5.74, 6) is 0. The van der Waals surface area contributed by atoms with Crippen LogP contribution >= 0.6 is 20.2 Å². The molecule has 0 radical (unpaired) electrons. The molecule has 0 amide bonds. The van der Waals surface area contributed by atoms with E-state index in [4.69, 9.17) is 20.2 Å². The fourth-order valence-electron chi connectivity index (χ4n) is 2.29. The third-order valence-electron chi connectivity index (χ3n) is 3.76. The van der Waals surface area contributed by atoms with Crippen molar-refractivity contribution in [3.05, 3.63) is 83.2 Å². The molecule has 2 aromatic carbocycles. The Morgan fingerprint density at radius 3 is 1.22 bits per heavy atom. The topological polar surface area (TPSA) is 38.8 Å². The Labute approximate surface area is 193 Å². The van der Waals surface area contributed by atoms with Gasteiger partial charge in [0.25, 0.3) is 0 Å². The van der Waals surface area contributed by atoms with Crippen LogP contribution < -0.4 is 4.98 Å². The first-order valence-electron chi connectivity index (χ1n) is 8.44.